The molecule has 0 amide bonds. The molecule has 0 atom stereocenters. The number of hydrogen-bond acceptors (Lipinski definition) is 1. The Hall–Kier alpha value is -0.450. The maximum atomic E-state index is 11.3. The maximum absolute atomic E-state index is 11.3. The Morgan fingerprint density at radius 3 is 1.35 bits per heavy atom. The number of rotatable bonds is 1. The highest BCUT2D eigenvalue weighted by molar-refractivity contribution is 9.11. The number of Topliss-reactive ketones (excluding diaryl/α,β-unsaturated/α-hetero) is 1. The largest absolute Gasteiger partial charge is 0.295 e. The van der Waals surface area contributed by atoms with Crippen LogP contribution in [0.4, 0.5) is 0 Å². The Bertz CT molecular complexity index is 761. The normalized spacial score (nSPS) is 11.6. The van der Waals surface area contributed by atoms with Crippen LogP contribution in [0.25, 0.3) is 0 Å². The molecule has 0 fully saturated rings. The van der Waals surface area contributed by atoms with Gasteiger partial charge in [-0.3, -0.25) is 4.79 Å². The minimum Gasteiger partial charge on any atom is -0.295 e. The summed E-state index contributed by atoms with van der Waals surface area (Å²) in [5.41, 5.74) is 3.57. The Labute approximate surface area is 183 Å². The monoisotopic (exact) mass is 544 g/mol. The number of hydrogen-bond donors (Lipinski definition) is 0. The van der Waals surface area contributed by atoms with Crippen molar-refractivity contribution in [3.8, 4) is 0 Å². The van der Waals surface area contributed by atoms with E-state index in [0.29, 0.717) is 0 Å². The molecule has 26 heavy (non-hydrogen) atoms. The van der Waals surface area contributed by atoms with Crippen LogP contribution in [0.1, 0.15) is 70.0 Å². The molecule has 4 heteroatoms. The molecule has 0 unspecified atom stereocenters. The van der Waals surface area contributed by atoms with Gasteiger partial charge in [0.05, 0.1) is 0 Å². The van der Waals surface area contributed by atoms with Crippen molar-refractivity contribution in [2.24, 2.45) is 0 Å². The SMILES string of the molecule is CC(=O)c1cc(Br)cc(C(C)(C)C)c1.CC(C)(C)c1cc(Br)cc(Br)c1. The number of benzene rings is 2. The fourth-order valence-electron chi connectivity index (χ4n) is 2.21. The molecular weight excluding hydrogens is 520 g/mol. The third kappa shape index (κ3) is 7.66. The van der Waals surface area contributed by atoms with Crippen LogP contribution in [0.3, 0.4) is 0 Å². The Balaban J connectivity index is 0.000000263. The molecule has 0 bridgehead atoms. The summed E-state index contributed by atoms with van der Waals surface area (Å²) in [4.78, 5) is 11.3. The fraction of sp³-hybridized carbons (Fsp3) is 0.409. The van der Waals surface area contributed by atoms with Crippen LogP contribution in [0.5, 0.6) is 0 Å². The standard InChI is InChI=1S/C12H15BrO.C10H12Br2/c1-8(14)9-5-10(12(2,3)4)7-11(13)6-9;1-10(2,3)7-4-8(11)6-9(12)5-7/h5-7H,1-4H3;4-6H,1-3H3. The maximum Gasteiger partial charge on any atom is 0.159 e. The van der Waals surface area contributed by atoms with Gasteiger partial charge in [-0.15, -0.1) is 0 Å². The summed E-state index contributed by atoms with van der Waals surface area (Å²) >= 11 is 10.4. The predicted molar refractivity (Wildman–Crippen MR) is 123 cm³/mol. The molecule has 2 aromatic carbocycles. The summed E-state index contributed by atoms with van der Waals surface area (Å²) in [6.45, 7) is 14.6. The molecule has 0 aliphatic rings. The highest BCUT2D eigenvalue weighted by atomic mass is 79.9. The highest BCUT2D eigenvalue weighted by Crippen LogP contribution is 2.29. The Kier molecular flexibility index (Phi) is 8.31. The third-order valence-corrected chi connectivity index (χ3v) is 5.27. The second-order valence-corrected chi connectivity index (χ2v) is 11.2. The molecule has 2 rings (SSSR count). The first kappa shape index (κ1) is 23.6. The van der Waals surface area contributed by atoms with Crippen molar-refractivity contribution in [2.75, 3.05) is 0 Å². The van der Waals surface area contributed by atoms with Crippen LogP contribution >= 0.6 is 47.8 Å². The number of carbonyl (C=O) groups is 1. The van der Waals surface area contributed by atoms with Gasteiger partial charge in [-0.05, 0) is 65.3 Å². The van der Waals surface area contributed by atoms with Crippen LogP contribution in [0, 0.1) is 0 Å². The van der Waals surface area contributed by atoms with Crippen molar-refractivity contribution in [3.63, 3.8) is 0 Å². The van der Waals surface area contributed by atoms with E-state index in [4.69, 9.17) is 0 Å². The lowest BCUT2D eigenvalue weighted by Gasteiger charge is -2.20. The van der Waals surface area contributed by atoms with Gasteiger partial charge in [0.1, 0.15) is 0 Å². The van der Waals surface area contributed by atoms with Crippen molar-refractivity contribution in [1.82, 2.24) is 0 Å². The second-order valence-electron chi connectivity index (χ2n) is 8.44. The van der Waals surface area contributed by atoms with E-state index in [-0.39, 0.29) is 16.6 Å². The van der Waals surface area contributed by atoms with Gasteiger partial charge in [0, 0.05) is 19.0 Å². The number of ketones is 1. The summed E-state index contributed by atoms with van der Waals surface area (Å²) in [6.07, 6.45) is 0. The average molecular weight is 547 g/mol. The zero-order valence-electron chi connectivity index (χ0n) is 16.5. The third-order valence-electron chi connectivity index (χ3n) is 3.90. The van der Waals surface area contributed by atoms with Gasteiger partial charge in [-0.2, -0.15) is 0 Å². The molecule has 0 aliphatic heterocycles. The second kappa shape index (κ2) is 9.16. The van der Waals surface area contributed by atoms with E-state index in [9.17, 15) is 4.79 Å². The van der Waals surface area contributed by atoms with E-state index in [0.717, 1.165) is 19.0 Å². The van der Waals surface area contributed by atoms with Crippen LogP contribution in [0.2, 0.25) is 0 Å². The Morgan fingerprint density at radius 1 is 0.654 bits per heavy atom. The van der Waals surface area contributed by atoms with Gasteiger partial charge in [-0.25, -0.2) is 0 Å². The molecule has 2 aromatic rings. The lowest BCUT2D eigenvalue weighted by Crippen LogP contribution is -2.12. The van der Waals surface area contributed by atoms with Crippen LogP contribution in [0.15, 0.2) is 49.8 Å². The summed E-state index contributed by atoms with van der Waals surface area (Å²) < 4.78 is 3.22. The number of carbonyl (C=O) groups excluding carboxylic acids is 1. The summed E-state index contributed by atoms with van der Waals surface area (Å²) in [5.74, 6) is 0.108. The van der Waals surface area contributed by atoms with Crippen molar-refractivity contribution in [3.05, 3.63) is 66.5 Å². The molecule has 142 valence electrons. The van der Waals surface area contributed by atoms with Crippen LogP contribution in [-0.2, 0) is 10.8 Å². The minimum atomic E-state index is 0.0774. The van der Waals surface area contributed by atoms with Crippen molar-refractivity contribution < 1.29 is 4.79 Å². The first-order valence-electron chi connectivity index (χ1n) is 8.49. The van der Waals surface area contributed by atoms with Gasteiger partial charge in [0.15, 0.2) is 5.78 Å². The van der Waals surface area contributed by atoms with E-state index in [2.05, 4.69) is 114 Å². The predicted octanol–water partition coefficient (Wildman–Crippen LogP) is 8.46. The van der Waals surface area contributed by atoms with E-state index in [1.54, 1.807) is 6.92 Å². The topological polar surface area (TPSA) is 17.1 Å². The number of halogens is 3. The van der Waals surface area contributed by atoms with Gasteiger partial charge in [0.25, 0.3) is 0 Å². The first-order chi connectivity index (χ1) is 11.7. The van der Waals surface area contributed by atoms with Crippen LogP contribution in [-0.4, -0.2) is 5.78 Å². The summed E-state index contributed by atoms with van der Waals surface area (Å²) in [6, 6.07) is 12.3. The molecule has 0 N–H and O–H groups in total. The molecule has 0 radical (unpaired) electrons. The van der Waals surface area contributed by atoms with Gasteiger partial charge < -0.3 is 0 Å². The molecule has 0 aromatic heterocycles. The van der Waals surface area contributed by atoms with Crippen LogP contribution < -0.4 is 0 Å². The summed E-state index contributed by atoms with van der Waals surface area (Å²) in [7, 11) is 0. The lowest BCUT2D eigenvalue weighted by atomic mass is 9.86. The molecule has 0 spiro atoms. The smallest absolute Gasteiger partial charge is 0.159 e. The Morgan fingerprint density at radius 2 is 1.00 bits per heavy atom. The molecule has 1 nitrogen and oxygen atoms in total. The van der Waals surface area contributed by atoms with E-state index >= 15 is 0 Å². The zero-order chi connectivity index (χ0) is 20.3. The van der Waals surface area contributed by atoms with Gasteiger partial charge >= 0.3 is 0 Å². The highest BCUT2D eigenvalue weighted by Gasteiger charge is 2.16. The van der Waals surface area contributed by atoms with Crippen molar-refractivity contribution in [2.45, 2.75) is 59.3 Å². The van der Waals surface area contributed by atoms with Crippen molar-refractivity contribution in [1.29, 1.82) is 0 Å². The van der Waals surface area contributed by atoms with E-state index in [1.807, 2.05) is 12.1 Å². The van der Waals surface area contributed by atoms with E-state index in [1.165, 1.54) is 11.1 Å². The molecular formula is C22H27Br3O. The molecule has 0 saturated heterocycles. The quantitative estimate of drug-likeness (QED) is 0.328. The van der Waals surface area contributed by atoms with E-state index < -0.39 is 0 Å². The molecule has 0 saturated carbocycles. The minimum absolute atomic E-state index is 0.0774. The fourth-order valence-corrected chi connectivity index (χ4v) is 4.00. The van der Waals surface area contributed by atoms with Gasteiger partial charge in [0.2, 0.25) is 0 Å². The lowest BCUT2D eigenvalue weighted by molar-refractivity contribution is 0.101. The molecule has 0 aliphatic carbocycles. The van der Waals surface area contributed by atoms with Crippen molar-refractivity contribution >= 4 is 53.6 Å². The van der Waals surface area contributed by atoms with Gasteiger partial charge in [-0.1, -0.05) is 89.3 Å². The molecule has 0 heterocycles. The first-order valence-corrected chi connectivity index (χ1v) is 10.9. The zero-order valence-corrected chi connectivity index (χ0v) is 21.3. The summed E-state index contributed by atoms with van der Waals surface area (Å²) in [5, 5.41) is 0. The average Bonchev–Trinajstić information content (AvgIpc) is 2.44.